The number of carbonyl (C=O) groups excluding carboxylic acids is 2. The van der Waals surface area contributed by atoms with Gasteiger partial charge in [-0.25, -0.2) is 4.98 Å². The maximum absolute atomic E-state index is 13.0. The Balaban J connectivity index is 1.69. The van der Waals surface area contributed by atoms with Crippen molar-refractivity contribution in [1.82, 2.24) is 25.1 Å². The number of anilines is 1. The molecule has 1 saturated heterocycles. The second kappa shape index (κ2) is 12.4. The summed E-state index contributed by atoms with van der Waals surface area (Å²) in [6.45, 7) is 2.12. The SMILES string of the molecule is CN=C(c1ccc(CNC(=O)CCCNC)cc1)c1ncn(CC2(O)CCN(C=O)CC2)c(=O)c1N. The summed E-state index contributed by atoms with van der Waals surface area (Å²) >= 11 is 0. The highest BCUT2D eigenvalue weighted by Gasteiger charge is 2.33. The van der Waals surface area contributed by atoms with Crippen molar-refractivity contribution < 1.29 is 14.7 Å². The highest BCUT2D eigenvalue weighted by Crippen LogP contribution is 2.23. The molecule has 1 aromatic carbocycles. The molecular weight excluding hydrogens is 462 g/mol. The molecule has 0 saturated carbocycles. The van der Waals surface area contributed by atoms with Gasteiger partial charge in [0.1, 0.15) is 11.4 Å². The van der Waals surface area contributed by atoms with Gasteiger partial charge in [-0.1, -0.05) is 24.3 Å². The molecule has 2 amide bonds. The van der Waals surface area contributed by atoms with Gasteiger partial charge in [-0.05, 0) is 38.4 Å². The van der Waals surface area contributed by atoms with Crippen molar-refractivity contribution in [3.8, 4) is 0 Å². The Morgan fingerprint density at radius 3 is 2.58 bits per heavy atom. The number of nitrogen functional groups attached to an aromatic ring is 1. The Labute approximate surface area is 210 Å². The molecule has 1 aromatic heterocycles. The van der Waals surface area contributed by atoms with Crippen LogP contribution >= 0.6 is 0 Å². The van der Waals surface area contributed by atoms with Gasteiger partial charge in [0.15, 0.2) is 0 Å². The molecule has 36 heavy (non-hydrogen) atoms. The molecule has 2 aromatic rings. The largest absolute Gasteiger partial charge is 0.392 e. The standard InChI is InChI=1S/C25H35N7O4/c1-27-11-3-4-20(34)29-14-18-5-7-19(8-6-18)22(28-2)23-21(26)24(35)32(16-30-23)15-25(36)9-12-31(17-33)13-10-25/h5-8,16-17,27,36H,3-4,9-15,26H2,1-2H3,(H,29,34). The van der Waals surface area contributed by atoms with E-state index in [-0.39, 0.29) is 23.8 Å². The zero-order chi connectivity index (χ0) is 26.1. The maximum atomic E-state index is 13.0. The number of nitrogens with two attached hydrogens (primary N) is 1. The molecule has 0 radical (unpaired) electrons. The number of hydrogen-bond donors (Lipinski definition) is 4. The van der Waals surface area contributed by atoms with Crippen LogP contribution in [0.5, 0.6) is 0 Å². The number of likely N-dealkylation sites (tertiary alicyclic amines) is 1. The van der Waals surface area contributed by atoms with Gasteiger partial charge in [-0.15, -0.1) is 0 Å². The number of benzene rings is 1. The first-order valence-electron chi connectivity index (χ1n) is 12.0. The molecule has 0 bridgehead atoms. The van der Waals surface area contributed by atoms with Gasteiger partial charge in [0, 0.05) is 38.7 Å². The predicted molar refractivity (Wildman–Crippen MR) is 138 cm³/mol. The molecule has 194 valence electrons. The van der Waals surface area contributed by atoms with Crippen molar-refractivity contribution in [3.63, 3.8) is 0 Å². The van der Waals surface area contributed by atoms with Crippen molar-refractivity contribution >= 4 is 23.7 Å². The normalized spacial score (nSPS) is 15.5. The van der Waals surface area contributed by atoms with E-state index in [1.165, 1.54) is 10.9 Å². The van der Waals surface area contributed by atoms with Gasteiger partial charge in [0.25, 0.3) is 5.56 Å². The van der Waals surface area contributed by atoms with E-state index in [9.17, 15) is 19.5 Å². The predicted octanol–water partition coefficient (Wildman–Crippen LogP) is -0.108. The Hall–Kier alpha value is -3.57. The second-order valence-electron chi connectivity index (χ2n) is 9.06. The van der Waals surface area contributed by atoms with Crippen molar-refractivity contribution in [2.24, 2.45) is 4.99 Å². The quantitative estimate of drug-likeness (QED) is 0.192. The average molecular weight is 498 g/mol. The number of aliphatic imine (C=N–C) groups is 1. The van der Waals surface area contributed by atoms with Gasteiger partial charge in [-0.2, -0.15) is 0 Å². The van der Waals surface area contributed by atoms with E-state index in [1.807, 2.05) is 31.3 Å². The fourth-order valence-electron chi connectivity index (χ4n) is 4.19. The average Bonchev–Trinajstić information content (AvgIpc) is 2.88. The molecule has 11 heteroatoms. The molecule has 1 fully saturated rings. The van der Waals surface area contributed by atoms with Crippen LogP contribution in [-0.2, 0) is 22.7 Å². The van der Waals surface area contributed by atoms with Crippen LogP contribution in [-0.4, -0.2) is 76.9 Å². The highest BCUT2D eigenvalue weighted by molar-refractivity contribution is 6.14. The summed E-state index contributed by atoms with van der Waals surface area (Å²) < 4.78 is 1.31. The van der Waals surface area contributed by atoms with Crippen molar-refractivity contribution in [3.05, 3.63) is 57.8 Å². The van der Waals surface area contributed by atoms with Gasteiger partial charge in [-0.3, -0.25) is 23.9 Å². The number of carbonyl (C=O) groups is 2. The minimum Gasteiger partial charge on any atom is -0.392 e. The number of aromatic nitrogens is 2. The van der Waals surface area contributed by atoms with Crippen LogP contribution in [0.2, 0.25) is 0 Å². The topological polar surface area (TPSA) is 155 Å². The minimum absolute atomic E-state index is 0.00150. The lowest BCUT2D eigenvalue weighted by molar-refractivity contribution is -0.123. The van der Waals surface area contributed by atoms with Crippen molar-refractivity contribution in [1.29, 1.82) is 0 Å². The number of nitrogens with one attached hydrogen (secondary N) is 2. The zero-order valence-corrected chi connectivity index (χ0v) is 20.9. The van der Waals surface area contributed by atoms with Gasteiger partial charge >= 0.3 is 0 Å². The molecule has 1 aliphatic rings. The molecule has 0 spiro atoms. The summed E-state index contributed by atoms with van der Waals surface area (Å²) in [5.74, 6) is 0.00150. The van der Waals surface area contributed by atoms with Crippen molar-refractivity contribution in [2.75, 3.05) is 39.5 Å². The van der Waals surface area contributed by atoms with Gasteiger partial charge in [0.05, 0.1) is 24.2 Å². The number of rotatable bonds is 11. The van der Waals surface area contributed by atoms with Crippen LogP contribution in [0.15, 0.2) is 40.4 Å². The second-order valence-corrected chi connectivity index (χ2v) is 9.06. The molecule has 1 aliphatic heterocycles. The third-order valence-corrected chi connectivity index (χ3v) is 6.41. The van der Waals surface area contributed by atoms with E-state index in [0.717, 1.165) is 30.5 Å². The fourth-order valence-corrected chi connectivity index (χ4v) is 4.19. The monoisotopic (exact) mass is 497 g/mol. The summed E-state index contributed by atoms with van der Waals surface area (Å²) in [4.78, 5) is 46.2. The Kier molecular flexibility index (Phi) is 9.31. The molecular formula is C25H35N7O4. The van der Waals surface area contributed by atoms with Gasteiger partial charge in [0.2, 0.25) is 12.3 Å². The first-order chi connectivity index (χ1) is 17.3. The van der Waals surface area contributed by atoms with Crippen LogP contribution < -0.4 is 21.9 Å². The molecule has 0 atom stereocenters. The molecule has 11 nitrogen and oxygen atoms in total. The first-order valence-corrected chi connectivity index (χ1v) is 12.0. The molecule has 5 N–H and O–H groups in total. The van der Waals surface area contributed by atoms with E-state index in [4.69, 9.17) is 5.73 Å². The van der Waals surface area contributed by atoms with Crippen LogP contribution in [0.1, 0.15) is 42.5 Å². The number of piperidine rings is 1. The van der Waals surface area contributed by atoms with E-state index in [2.05, 4.69) is 20.6 Å². The number of aliphatic hydroxyl groups is 1. The molecule has 0 unspecified atom stereocenters. The number of amides is 2. The third-order valence-electron chi connectivity index (χ3n) is 6.41. The number of nitrogens with zero attached hydrogens (tertiary/aromatic N) is 4. The van der Waals surface area contributed by atoms with Crippen LogP contribution in [0.25, 0.3) is 0 Å². The van der Waals surface area contributed by atoms with E-state index in [0.29, 0.717) is 44.6 Å². The van der Waals surface area contributed by atoms with E-state index in [1.54, 1.807) is 11.9 Å². The fraction of sp³-hybridized carbons (Fsp3) is 0.480. The van der Waals surface area contributed by atoms with Crippen LogP contribution in [0.3, 0.4) is 0 Å². The highest BCUT2D eigenvalue weighted by atomic mass is 16.3. The summed E-state index contributed by atoms with van der Waals surface area (Å²) in [7, 11) is 3.46. The zero-order valence-electron chi connectivity index (χ0n) is 20.9. The lowest BCUT2D eigenvalue weighted by Gasteiger charge is -2.36. The number of hydrogen-bond acceptors (Lipinski definition) is 8. The Bertz CT molecular complexity index is 1140. The molecule has 2 heterocycles. The summed E-state index contributed by atoms with van der Waals surface area (Å²) in [5, 5.41) is 16.8. The lowest BCUT2D eigenvalue weighted by atomic mass is 9.91. The smallest absolute Gasteiger partial charge is 0.277 e. The van der Waals surface area contributed by atoms with Crippen LogP contribution in [0.4, 0.5) is 5.69 Å². The van der Waals surface area contributed by atoms with E-state index < -0.39 is 11.2 Å². The first kappa shape index (κ1) is 27.0. The van der Waals surface area contributed by atoms with Crippen LogP contribution in [0, 0.1) is 0 Å². The third kappa shape index (κ3) is 6.76. The Morgan fingerprint density at radius 1 is 1.28 bits per heavy atom. The summed E-state index contributed by atoms with van der Waals surface area (Å²) in [6, 6.07) is 7.46. The maximum Gasteiger partial charge on any atom is 0.277 e. The minimum atomic E-state index is -1.11. The Morgan fingerprint density at radius 2 is 1.97 bits per heavy atom. The van der Waals surface area contributed by atoms with Crippen molar-refractivity contribution in [2.45, 2.75) is 44.4 Å². The van der Waals surface area contributed by atoms with E-state index >= 15 is 0 Å². The lowest BCUT2D eigenvalue weighted by Crippen LogP contribution is -2.48. The summed E-state index contributed by atoms with van der Waals surface area (Å²) in [5.41, 5.74) is 6.97. The summed E-state index contributed by atoms with van der Waals surface area (Å²) in [6.07, 6.45) is 4.12. The molecule has 0 aliphatic carbocycles. The van der Waals surface area contributed by atoms with Gasteiger partial charge < -0.3 is 26.4 Å². The molecule has 3 rings (SSSR count).